The summed E-state index contributed by atoms with van der Waals surface area (Å²) >= 11 is 0. The first-order chi connectivity index (χ1) is 26.5. The fourth-order valence-corrected chi connectivity index (χ4v) is 7.31. The number of benzene rings is 9. The zero-order valence-corrected chi connectivity index (χ0v) is 26.9. The standard InChI is InChI=1S/C48H31NO/c1-2-13-36-30-38(23-22-32(36)10-1)37-15-7-16-40(31-37)49(39-27-24-35(25-28-39)42-19-8-14-33-11-3-5-17-41(33)42)45-20-9-21-46-47(45)44-29-26-34-12-4-6-18-43(34)48(44)50-46/h1-31H/i7D,15D,16D,31D. The Morgan fingerprint density at radius 2 is 1.14 bits per heavy atom. The van der Waals surface area contributed by atoms with Gasteiger partial charge < -0.3 is 9.32 Å². The first-order valence-corrected chi connectivity index (χ1v) is 16.8. The zero-order chi connectivity index (χ0) is 36.5. The van der Waals surface area contributed by atoms with E-state index in [-0.39, 0.29) is 29.9 Å². The molecule has 0 saturated carbocycles. The summed E-state index contributed by atoms with van der Waals surface area (Å²) in [5, 5.41) is 8.13. The first kappa shape index (κ1) is 24.5. The fraction of sp³-hybridized carbons (Fsp3) is 0. The average Bonchev–Trinajstić information content (AvgIpc) is 3.61. The Labute approximate surface area is 295 Å². The van der Waals surface area contributed by atoms with Gasteiger partial charge in [0.15, 0.2) is 0 Å². The normalized spacial score (nSPS) is 12.7. The predicted octanol–water partition coefficient (Wildman–Crippen LogP) is 13.8. The van der Waals surface area contributed by atoms with Gasteiger partial charge in [-0.05, 0) is 97.7 Å². The quantitative estimate of drug-likeness (QED) is 0.186. The molecule has 1 heterocycles. The van der Waals surface area contributed by atoms with Crippen LogP contribution in [0.3, 0.4) is 0 Å². The van der Waals surface area contributed by atoms with Gasteiger partial charge in [-0.1, -0.05) is 139 Å². The molecule has 2 heteroatoms. The van der Waals surface area contributed by atoms with E-state index >= 15 is 0 Å². The Hall–Kier alpha value is -6.64. The monoisotopic (exact) mass is 641 g/mol. The lowest BCUT2D eigenvalue weighted by Crippen LogP contribution is -2.10. The van der Waals surface area contributed by atoms with Crippen molar-refractivity contribution in [2.75, 3.05) is 4.90 Å². The molecule has 0 radical (unpaired) electrons. The van der Waals surface area contributed by atoms with E-state index in [9.17, 15) is 2.74 Å². The average molecular weight is 642 g/mol. The Kier molecular flexibility index (Phi) is 5.64. The smallest absolute Gasteiger partial charge is 0.143 e. The van der Waals surface area contributed by atoms with Gasteiger partial charge in [0.25, 0.3) is 0 Å². The van der Waals surface area contributed by atoms with E-state index in [4.69, 9.17) is 7.16 Å². The molecule has 0 aliphatic rings. The molecule has 0 bridgehead atoms. The first-order valence-electron chi connectivity index (χ1n) is 18.8. The van der Waals surface area contributed by atoms with E-state index in [0.29, 0.717) is 28.1 Å². The van der Waals surface area contributed by atoms with Crippen LogP contribution in [0.4, 0.5) is 17.1 Å². The molecule has 0 aliphatic carbocycles. The summed E-state index contributed by atoms with van der Waals surface area (Å²) in [4.78, 5) is 1.91. The van der Waals surface area contributed by atoms with Gasteiger partial charge in [-0.2, -0.15) is 0 Å². The second kappa shape index (κ2) is 11.5. The summed E-state index contributed by atoms with van der Waals surface area (Å²) in [7, 11) is 0. The minimum Gasteiger partial charge on any atom is -0.455 e. The second-order valence-electron chi connectivity index (χ2n) is 12.6. The van der Waals surface area contributed by atoms with Gasteiger partial charge in [-0.25, -0.2) is 0 Å². The van der Waals surface area contributed by atoms with Crippen molar-refractivity contribution in [2.45, 2.75) is 0 Å². The van der Waals surface area contributed by atoms with E-state index in [1.165, 1.54) is 0 Å². The molecule has 9 aromatic carbocycles. The van der Waals surface area contributed by atoms with Crippen molar-refractivity contribution in [3.05, 3.63) is 188 Å². The van der Waals surface area contributed by atoms with Crippen molar-refractivity contribution in [3.63, 3.8) is 0 Å². The lowest BCUT2D eigenvalue weighted by molar-refractivity contribution is 0.672. The van der Waals surface area contributed by atoms with Crippen molar-refractivity contribution in [3.8, 4) is 22.3 Å². The van der Waals surface area contributed by atoms with Crippen LogP contribution in [0.25, 0.3) is 76.5 Å². The molecule has 0 fully saturated rings. The van der Waals surface area contributed by atoms with Crippen LogP contribution in [0.5, 0.6) is 0 Å². The molecular formula is C48H31NO. The molecule has 0 amide bonds. The van der Waals surface area contributed by atoms with Gasteiger partial charge in [0.05, 0.1) is 16.6 Å². The topological polar surface area (TPSA) is 16.4 Å². The van der Waals surface area contributed by atoms with Crippen LogP contribution in [0.2, 0.25) is 0 Å². The van der Waals surface area contributed by atoms with Gasteiger partial charge in [-0.3, -0.25) is 0 Å². The maximum Gasteiger partial charge on any atom is 0.143 e. The number of anilines is 3. The molecule has 0 N–H and O–H groups in total. The molecule has 1 aromatic heterocycles. The number of hydrogen-bond donors (Lipinski definition) is 0. The summed E-state index contributed by atoms with van der Waals surface area (Å²) < 4.78 is 44.0. The molecule has 2 nitrogen and oxygen atoms in total. The fourth-order valence-electron chi connectivity index (χ4n) is 7.31. The van der Waals surface area contributed by atoms with Crippen molar-refractivity contribution < 1.29 is 9.90 Å². The minimum atomic E-state index is -0.239. The van der Waals surface area contributed by atoms with Gasteiger partial charge in [0.1, 0.15) is 11.2 Å². The van der Waals surface area contributed by atoms with Gasteiger partial charge in [0.2, 0.25) is 0 Å². The van der Waals surface area contributed by atoms with E-state index in [0.717, 1.165) is 59.8 Å². The third kappa shape index (κ3) is 4.65. The number of nitrogens with zero attached hydrogens (tertiary/aromatic N) is 1. The highest BCUT2D eigenvalue weighted by Crippen LogP contribution is 2.45. The third-order valence-electron chi connectivity index (χ3n) is 9.71. The van der Waals surface area contributed by atoms with E-state index < -0.39 is 0 Å². The molecular weight excluding hydrogens is 607 g/mol. The Bertz CT molecular complexity index is 3110. The highest BCUT2D eigenvalue weighted by atomic mass is 16.3. The lowest BCUT2D eigenvalue weighted by Gasteiger charge is -2.27. The van der Waals surface area contributed by atoms with Crippen molar-refractivity contribution in [1.82, 2.24) is 0 Å². The number of fused-ring (bicyclic) bond motifs is 7. The molecule has 0 saturated heterocycles. The summed E-state index contributed by atoms with van der Waals surface area (Å²) in [5.41, 5.74) is 6.19. The molecule has 50 heavy (non-hydrogen) atoms. The van der Waals surface area contributed by atoms with Gasteiger partial charge in [0, 0.05) is 22.1 Å². The second-order valence-corrected chi connectivity index (χ2v) is 12.6. The summed E-state index contributed by atoms with van der Waals surface area (Å²) in [6.45, 7) is 0. The van der Waals surface area contributed by atoms with Crippen LogP contribution in [0, 0.1) is 0 Å². The highest BCUT2D eigenvalue weighted by molar-refractivity contribution is 6.19. The Morgan fingerprint density at radius 1 is 0.460 bits per heavy atom. The predicted molar refractivity (Wildman–Crippen MR) is 212 cm³/mol. The van der Waals surface area contributed by atoms with Crippen LogP contribution < -0.4 is 4.90 Å². The summed E-state index contributed by atoms with van der Waals surface area (Å²) in [6, 6.07) is 54.2. The van der Waals surface area contributed by atoms with Gasteiger partial charge >= 0.3 is 0 Å². The van der Waals surface area contributed by atoms with E-state index in [1.54, 1.807) is 0 Å². The van der Waals surface area contributed by atoms with Crippen LogP contribution in [-0.2, 0) is 0 Å². The number of furan rings is 1. The molecule has 0 spiro atoms. The van der Waals surface area contributed by atoms with Crippen molar-refractivity contribution in [1.29, 1.82) is 0 Å². The van der Waals surface area contributed by atoms with E-state index in [1.807, 2.05) is 102 Å². The Balaban J connectivity index is 1.25. The van der Waals surface area contributed by atoms with Crippen LogP contribution >= 0.6 is 0 Å². The van der Waals surface area contributed by atoms with Crippen LogP contribution in [0.1, 0.15) is 5.48 Å². The minimum absolute atomic E-state index is 0.00432. The molecule has 0 atom stereocenters. The van der Waals surface area contributed by atoms with Crippen LogP contribution in [-0.4, -0.2) is 0 Å². The van der Waals surface area contributed by atoms with Crippen molar-refractivity contribution >= 4 is 71.3 Å². The lowest BCUT2D eigenvalue weighted by atomic mass is 9.97. The Morgan fingerprint density at radius 3 is 2.00 bits per heavy atom. The summed E-state index contributed by atoms with van der Waals surface area (Å²) in [6.07, 6.45) is 0. The third-order valence-corrected chi connectivity index (χ3v) is 9.71. The number of rotatable bonds is 5. The summed E-state index contributed by atoms with van der Waals surface area (Å²) in [5.74, 6) is 0. The molecule has 10 aromatic rings. The van der Waals surface area contributed by atoms with Gasteiger partial charge in [-0.15, -0.1) is 0 Å². The van der Waals surface area contributed by atoms with Crippen LogP contribution in [0.15, 0.2) is 192 Å². The maximum atomic E-state index is 9.82. The SMILES string of the molecule is [2H]c1c([2H])c(-c2ccc3ccccc3c2)c([2H])c(N(c2ccc(-c3cccc4ccccc34)cc2)c2cccc3oc4c5ccccc5ccc4c23)c1[2H]. The zero-order valence-electron chi connectivity index (χ0n) is 30.9. The molecule has 0 aliphatic heterocycles. The largest absolute Gasteiger partial charge is 0.455 e. The van der Waals surface area contributed by atoms with Crippen molar-refractivity contribution in [2.24, 2.45) is 0 Å². The molecule has 234 valence electrons. The molecule has 10 rings (SSSR count). The maximum absolute atomic E-state index is 9.82. The highest BCUT2D eigenvalue weighted by Gasteiger charge is 2.21. The number of hydrogen-bond acceptors (Lipinski definition) is 2. The molecule has 0 unspecified atom stereocenters. The van der Waals surface area contributed by atoms with E-state index in [2.05, 4.69) is 66.7 Å².